The van der Waals surface area contributed by atoms with Crippen molar-refractivity contribution in [2.75, 3.05) is 18.0 Å². The van der Waals surface area contributed by atoms with E-state index in [1.165, 1.54) is 41.3 Å². The molecule has 1 aliphatic heterocycles. The summed E-state index contributed by atoms with van der Waals surface area (Å²) in [5, 5.41) is 12.0. The van der Waals surface area contributed by atoms with Crippen LogP contribution in [0.3, 0.4) is 0 Å². The molecule has 0 saturated carbocycles. The van der Waals surface area contributed by atoms with Gasteiger partial charge in [-0.25, -0.2) is 0 Å². The molecule has 1 heterocycles. The molecule has 0 bridgehead atoms. The predicted octanol–water partition coefficient (Wildman–Crippen LogP) is 3.63. The summed E-state index contributed by atoms with van der Waals surface area (Å²) in [5.74, 6) is 0. The van der Waals surface area contributed by atoms with E-state index in [0.717, 1.165) is 18.7 Å². The van der Waals surface area contributed by atoms with Crippen molar-refractivity contribution in [3.05, 3.63) is 41.5 Å². The number of aliphatic hydroxyl groups excluding tert-OH is 1. The van der Waals surface area contributed by atoms with Crippen LogP contribution in [0.2, 0.25) is 0 Å². The molecule has 2 heteroatoms. The van der Waals surface area contributed by atoms with Crippen molar-refractivity contribution in [3.8, 4) is 0 Å². The Kier molecular flexibility index (Phi) is 3.43. The van der Waals surface area contributed by atoms with Crippen molar-refractivity contribution in [2.45, 2.75) is 32.8 Å². The van der Waals surface area contributed by atoms with Crippen molar-refractivity contribution in [1.29, 1.82) is 0 Å². The first-order valence-corrected chi connectivity index (χ1v) is 7.17. The van der Waals surface area contributed by atoms with Gasteiger partial charge in [0.05, 0.1) is 6.61 Å². The molecule has 0 aromatic heterocycles. The fourth-order valence-corrected chi connectivity index (χ4v) is 3.06. The Morgan fingerprint density at radius 1 is 1.00 bits per heavy atom. The number of fused-ring (bicyclic) bond motifs is 1. The van der Waals surface area contributed by atoms with Gasteiger partial charge in [-0.1, -0.05) is 23.8 Å². The molecule has 1 aliphatic rings. The zero-order valence-electron chi connectivity index (χ0n) is 11.5. The molecule has 2 aromatic carbocycles. The molecular weight excluding hydrogens is 234 g/mol. The number of piperidine rings is 1. The lowest BCUT2D eigenvalue weighted by atomic mass is 9.99. The summed E-state index contributed by atoms with van der Waals surface area (Å²) in [6.45, 7) is 4.55. The van der Waals surface area contributed by atoms with E-state index in [1.807, 2.05) is 0 Å². The highest BCUT2D eigenvalue weighted by Gasteiger charge is 2.14. The third kappa shape index (κ3) is 2.33. The fourth-order valence-electron chi connectivity index (χ4n) is 3.06. The lowest BCUT2D eigenvalue weighted by molar-refractivity contribution is 0.283. The average Bonchev–Trinajstić information content (AvgIpc) is 2.46. The Balaban J connectivity index is 2.15. The van der Waals surface area contributed by atoms with Gasteiger partial charge in [0, 0.05) is 24.2 Å². The van der Waals surface area contributed by atoms with Crippen LogP contribution in [-0.2, 0) is 6.61 Å². The largest absolute Gasteiger partial charge is 0.392 e. The van der Waals surface area contributed by atoms with Crippen molar-refractivity contribution in [3.63, 3.8) is 0 Å². The molecule has 2 aromatic rings. The number of rotatable bonds is 2. The molecule has 19 heavy (non-hydrogen) atoms. The number of benzene rings is 2. The first-order valence-electron chi connectivity index (χ1n) is 7.17. The molecule has 0 atom stereocenters. The number of aryl methyl sites for hydroxylation is 1. The summed E-state index contributed by atoms with van der Waals surface area (Å²) in [6.07, 6.45) is 3.92. The van der Waals surface area contributed by atoms with Gasteiger partial charge in [-0.3, -0.25) is 0 Å². The van der Waals surface area contributed by atoms with E-state index >= 15 is 0 Å². The predicted molar refractivity (Wildman–Crippen MR) is 80.7 cm³/mol. The van der Waals surface area contributed by atoms with Crippen LogP contribution in [0.1, 0.15) is 30.4 Å². The van der Waals surface area contributed by atoms with Crippen LogP contribution in [0.5, 0.6) is 0 Å². The quantitative estimate of drug-likeness (QED) is 0.885. The highest BCUT2D eigenvalue weighted by Crippen LogP contribution is 2.32. The van der Waals surface area contributed by atoms with Crippen LogP contribution in [0.4, 0.5) is 5.69 Å². The summed E-state index contributed by atoms with van der Waals surface area (Å²) in [4.78, 5) is 2.49. The molecule has 0 amide bonds. The van der Waals surface area contributed by atoms with Crippen LogP contribution in [-0.4, -0.2) is 18.2 Å². The SMILES string of the molecule is Cc1ccc2c(CO)ccc(N3CCCCC3)c2c1. The minimum atomic E-state index is 0.111. The summed E-state index contributed by atoms with van der Waals surface area (Å²) in [6, 6.07) is 10.8. The monoisotopic (exact) mass is 255 g/mol. The van der Waals surface area contributed by atoms with Crippen LogP contribution < -0.4 is 4.90 Å². The van der Waals surface area contributed by atoms with Gasteiger partial charge in [0.25, 0.3) is 0 Å². The molecule has 1 fully saturated rings. The molecular formula is C17H21NO. The van der Waals surface area contributed by atoms with E-state index in [1.54, 1.807) is 0 Å². The fraction of sp³-hybridized carbons (Fsp3) is 0.412. The van der Waals surface area contributed by atoms with Gasteiger partial charge in [0.1, 0.15) is 0 Å². The van der Waals surface area contributed by atoms with Crippen molar-refractivity contribution in [2.24, 2.45) is 0 Å². The zero-order chi connectivity index (χ0) is 13.2. The third-order valence-corrected chi connectivity index (χ3v) is 4.11. The van der Waals surface area contributed by atoms with E-state index in [0.29, 0.717) is 0 Å². The van der Waals surface area contributed by atoms with Crippen LogP contribution in [0.15, 0.2) is 30.3 Å². The first kappa shape index (κ1) is 12.5. The second-order valence-electron chi connectivity index (χ2n) is 5.50. The van der Waals surface area contributed by atoms with Crippen LogP contribution in [0.25, 0.3) is 10.8 Å². The highest BCUT2D eigenvalue weighted by atomic mass is 16.3. The average molecular weight is 255 g/mol. The van der Waals surface area contributed by atoms with Gasteiger partial charge in [0.15, 0.2) is 0 Å². The molecule has 2 nitrogen and oxygen atoms in total. The zero-order valence-corrected chi connectivity index (χ0v) is 11.5. The van der Waals surface area contributed by atoms with Crippen molar-refractivity contribution in [1.82, 2.24) is 0 Å². The lowest BCUT2D eigenvalue weighted by Gasteiger charge is -2.30. The normalized spacial score (nSPS) is 16.0. The van der Waals surface area contributed by atoms with E-state index in [-0.39, 0.29) is 6.61 Å². The summed E-state index contributed by atoms with van der Waals surface area (Å²) in [5.41, 5.74) is 3.63. The topological polar surface area (TPSA) is 23.5 Å². The third-order valence-electron chi connectivity index (χ3n) is 4.11. The number of hydrogen-bond donors (Lipinski definition) is 1. The van der Waals surface area contributed by atoms with E-state index in [9.17, 15) is 5.11 Å². The smallest absolute Gasteiger partial charge is 0.0687 e. The highest BCUT2D eigenvalue weighted by molar-refractivity contribution is 5.97. The van der Waals surface area contributed by atoms with E-state index < -0.39 is 0 Å². The summed E-state index contributed by atoms with van der Waals surface area (Å²) in [7, 11) is 0. The number of hydrogen-bond acceptors (Lipinski definition) is 2. The van der Waals surface area contributed by atoms with Crippen LogP contribution >= 0.6 is 0 Å². The summed E-state index contributed by atoms with van der Waals surface area (Å²) >= 11 is 0. The minimum Gasteiger partial charge on any atom is -0.392 e. The Hall–Kier alpha value is -1.54. The van der Waals surface area contributed by atoms with Gasteiger partial charge >= 0.3 is 0 Å². The van der Waals surface area contributed by atoms with Crippen molar-refractivity contribution >= 4 is 16.5 Å². The minimum absolute atomic E-state index is 0.111. The molecule has 100 valence electrons. The molecule has 0 radical (unpaired) electrons. The molecule has 1 N–H and O–H groups in total. The summed E-state index contributed by atoms with van der Waals surface area (Å²) < 4.78 is 0. The molecule has 0 unspecified atom stereocenters. The second kappa shape index (κ2) is 5.22. The molecule has 1 saturated heterocycles. The Morgan fingerprint density at radius 2 is 1.79 bits per heavy atom. The van der Waals surface area contributed by atoms with Crippen molar-refractivity contribution < 1.29 is 5.11 Å². The molecule has 3 rings (SSSR count). The maximum Gasteiger partial charge on any atom is 0.0687 e. The maximum absolute atomic E-state index is 9.49. The maximum atomic E-state index is 9.49. The lowest BCUT2D eigenvalue weighted by Crippen LogP contribution is -2.29. The number of aliphatic hydroxyl groups is 1. The second-order valence-corrected chi connectivity index (χ2v) is 5.50. The van der Waals surface area contributed by atoms with Crippen LogP contribution in [0, 0.1) is 6.92 Å². The molecule has 0 aliphatic carbocycles. The Labute approximate surface area is 114 Å². The van der Waals surface area contributed by atoms with Gasteiger partial charge in [0.2, 0.25) is 0 Å². The number of anilines is 1. The van der Waals surface area contributed by atoms with E-state index in [2.05, 4.69) is 42.2 Å². The molecule has 0 spiro atoms. The van der Waals surface area contributed by atoms with Gasteiger partial charge in [-0.2, -0.15) is 0 Å². The Bertz CT molecular complexity index is 585. The van der Waals surface area contributed by atoms with Gasteiger partial charge in [-0.05, 0) is 49.3 Å². The van der Waals surface area contributed by atoms with Gasteiger partial charge in [-0.15, -0.1) is 0 Å². The Morgan fingerprint density at radius 3 is 2.53 bits per heavy atom. The standard InChI is InChI=1S/C17H21NO/c1-13-5-7-15-14(12-19)6-8-17(16(15)11-13)18-9-3-2-4-10-18/h5-8,11,19H,2-4,9-10,12H2,1H3. The van der Waals surface area contributed by atoms with Gasteiger partial charge < -0.3 is 10.0 Å². The first-order chi connectivity index (χ1) is 9.29. The number of nitrogens with zero attached hydrogens (tertiary/aromatic N) is 1. The van der Waals surface area contributed by atoms with E-state index in [4.69, 9.17) is 0 Å².